The van der Waals surface area contributed by atoms with E-state index in [0.717, 1.165) is 6.07 Å². The van der Waals surface area contributed by atoms with Gasteiger partial charge in [-0.2, -0.15) is 0 Å². The molecule has 0 aliphatic heterocycles. The molecule has 0 saturated heterocycles. The smallest absolute Gasteiger partial charge is 0.295 e. The molecule has 1 heterocycles. The van der Waals surface area contributed by atoms with E-state index in [2.05, 4.69) is 20.5 Å². The standard InChI is InChI=1S/C10H8ClFN4O/c1-5-13-9(16-15-5)10(17)14-8-4-6(12)2-3-7(8)11/h2-4H,1H3,(H,14,17)(H,13,15,16). The Balaban J connectivity index is 2.21. The fourth-order valence-electron chi connectivity index (χ4n) is 1.22. The number of hydrogen-bond donors (Lipinski definition) is 2. The first-order valence-electron chi connectivity index (χ1n) is 4.71. The van der Waals surface area contributed by atoms with Crippen molar-refractivity contribution in [1.82, 2.24) is 15.2 Å². The normalized spacial score (nSPS) is 10.3. The van der Waals surface area contributed by atoms with Gasteiger partial charge in [0.1, 0.15) is 11.6 Å². The third-order valence-corrected chi connectivity index (χ3v) is 2.31. The molecule has 1 aromatic heterocycles. The van der Waals surface area contributed by atoms with Crippen LogP contribution in [0.5, 0.6) is 0 Å². The minimum Gasteiger partial charge on any atom is -0.318 e. The summed E-state index contributed by atoms with van der Waals surface area (Å²) >= 11 is 5.80. The number of H-pyrrole nitrogens is 1. The average molecular weight is 255 g/mol. The summed E-state index contributed by atoms with van der Waals surface area (Å²) in [5.74, 6) is -0.555. The lowest BCUT2D eigenvalue weighted by molar-refractivity contribution is 0.101. The highest BCUT2D eigenvalue weighted by molar-refractivity contribution is 6.33. The van der Waals surface area contributed by atoms with Crippen molar-refractivity contribution in [2.75, 3.05) is 5.32 Å². The van der Waals surface area contributed by atoms with Crippen LogP contribution in [-0.2, 0) is 0 Å². The van der Waals surface area contributed by atoms with Crippen molar-refractivity contribution in [2.24, 2.45) is 0 Å². The van der Waals surface area contributed by atoms with E-state index in [-0.39, 0.29) is 16.5 Å². The van der Waals surface area contributed by atoms with Crippen molar-refractivity contribution >= 4 is 23.2 Å². The fourth-order valence-corrected chi connectivity index (χ4v) is 1.38. The number of aryl methyl sites for hydroxylation is 1. The van der Waals surface area contributed by atoms with Gasteiger partial charge in [0.15, 0.2) is 0 Å². The molecule has 0 aliphatic rings. The van der Waals surface area contributed by atoms with Crippen LogP contribution in [0.2, 0.25) is 5.02 Å². The van der Waals surface area contributed by atoms with Gasteiger partial charge in [-0.25, -0.2) is 9.37 Å². The van der Waals surface area contributed by atoms with Crippen LogP contribution < -0.4 is 5.32 Å². The van der Waals surface area contributed by atoms with Gasteiger partial charge < -0.3 is 5.32 Å². The first-order valence-corrected chi connectivity index (χ1v) is 5.09. The summed E-state index contributed by atoms with van der Waals surface area (Å²) in [7, 11) is 0. The molecule has 2 rings (SSSR count). The quantitative estimate of drug-likeness (QED) is 0.863. The molecule has 0 radical (unpaired) electrons. The molecule has 0 bridgehead atoms. The summed E-state index contributed by atoms with van der Waals surface area (Å²) in [5, 5.41) is 8.88. The molecule has 1 amide bonds. The minimum atomic E-state index is -0.554. The van der Waals surface area contributed by atoms with E-state index < -0.39 is 11.7 Å². The topological polar surface area (TPSA) is 70.7 Å². The Hall–Kier alpha value is -1.95. The van der Waals surface area contributed by atoms with Crippen molar-refractivity contribution in [1.29, 1.82) is 0 Å². The third-order valence-electron chi connectivity index (χ3n) is 1.98. The zero-order valence-corrected chi connectivity index (χ0v) is 9.55. The number of aromatic amines is 1. The van der Waals surface area contributed by atoms with E-state index in [9.17, 15) is 9.18 Å². The van der Waals surface area contributed by atoms with Gasteiger partial charge in [-0.1, -0.05) is 11.6 Å². The van der Waals surface area contributed by atoms with Gasteiger partial charge in [0.25, 0.3) is 5.91 Å². The number of aromatic nitrogens is 3. The Bertz CT molecular complexity index is 569. The lowest BCUT2D eigenvalue weighted by Crippen LogP contribution is -2.14. The summed E-state index contributed by atoms with van der Waals surface area (Å²) < 4.78 is 13.0. The molecule has 2 N–H and O–H groups in total. The van der Waals surface area contributed by atoms with E-state index in [0.29, 0.717) is 5.82 Å². The van der Waals surface area contributed by atoms with Crippen LogP contribution in [0, 0.1) is 12.7 Å². The molecule has 0 spiro atoms. The number of halogens is 2. The SMILES string of the molecule is Cc1nc(C(=O)Nc2cc(F)ccc2Cl)n[nH]1. The summed E-state index contributed by atoms with van der Waals surface area (Å²) in [4.78, 5) is 15.5. The van der Waals surface area contributed by atoms with Crippen LogP contribution >= 0.6 is 11.6 Å². The van der Waals surface area contributed by atoms with Gasteiger partial charge in [0.05, 0.1) is 10.7 Å². The molecule has 2 aromatic rings. The van der Waals surface area contributed by atoms with E-state index >= 15 is 0 Å². The first-order chi connectivity index (χ1) is 8.06. The van der Waals surface area contributed by atoms with Gasteiger partial charge in [-0.15, -0.1) is 5.10 Å². The van der Waals surface area contributed by atoms with Gasteiger partial charge in [0, 0.05) is 0 Å². The molecule has 1 aromatic carbocycles. The second kappa shape index (κ2) is 4.50. The van der Waals surface area contributed by atoms with Gasteiger partial charge in [0.2, 0.25) is 5.82 Å². The van der Waals surface area contributed by atoms with Crippen molar-refractivity contribution in [3.05, 3.63) is 40.7 Å². The number of carbonyl (C=O) groups is 1. The second-order valence-corrected chi connectivity index (χ2v) is 3.73. The largest absolute Gasteiger partial charge is 0.318 e. The number of anilines is 1. The summed E-state index contributed by atoms with van der Waals surface area (Å²) in [6.07, 6.45) is 0. The summed E-state index contributed by atoms with van der Waals surface area (Å²) in [6.45, 7) is 1.67. The molecule has 88 valence electrons. The molecular formula is C10H8ClFN4O. The van der Waals surface area contributed by atoms with Crippen LogP contribution in [0.15, 0.2) is 18.2 Å². The number of carbonyl (C=O) groups excluding carboxylic acids is 1. The third kappa shape index (κ3) is 2.59. The number of nitrogens with zero attached hydrogens (tertiary/aromatic N) is 2. The Kier molecular flexibility index (Phi) is 3.06. The number of rotatable bonds is 2. The zero-order valence-electron chi connectivity index (χ0n) is 8.79. The van der Waals surface area contributed by atoms with Crippen molar-refractivity contribution < 1.29 is 9.18 Å². The molecule has 0 unspecified atom stereocenters. The first kappa shape index (κ1) is 11.5. The fraction of sp³-hybridized carbons (Fsp3) is 0.100. The maximum Gasteiger partial charge on any atom is 0.295 e. The Morgan fingerprint density at radius 3 is 2.94 bits per heavy atom. The summed E-state index contributed by atoms with van der Waals surface area (Å²) in [6, 6.07) is 3.68. The summed E-state index contributed by atoms with van der Waals surface area (Å²) in [5.41, 5.74) is 0.180. The monoisotopic (exact) mass is 254 g/mol. The minimum absolute atomic E-state index is 0.0252. The van der Waals surface area contributed by atoms with E-state index in [1.54, 1.807) is 6.92 Å². The number of nitrogens with one attached hydrogen (secondary N) is 2. The van der Waals surface area contributed by atoms with Crippen LogP contribution in [0.1, 0.15) is 16.4 Å². The Morgan fingerprint density at radius 2 is 2.29 bits per heavy atom. The lowest BCUT2D eigenvalue weighted by atomic mass is 10.3. The maximum absolute atomic E-state index is 13.0. The van der Waals surface area contributed by atoms with E-state index in [4.69, 9.17) is 11.6 Å². The van der Waals surface area contributed by atoms with Crippen LogP contribution in [0.3, 0.4) is 0 Å². The predicted octanol–water partition coefficient (Wildman–Crippen LogP) is 2.16. The van der Waals surface area contributed by atoms with Gasteiger partial charge >= 0.3 is 0 Å². The molecular weight excluding hydrogens is 247 g/mol. The average Bonchev–Trinajstić information content (AvgIpc) is 2.70. The van der Waals surface area contributed by atoms with Crippen LogP contribution in [-0.4, -0.2) is 21.1 Å². The van der Waals surface area contributed by atoms with Crippen molar-refractivity contribution in [3.63, 3.8) is 0 Å². The number of benzene rings is 1. The van der Waals surface area contributed by atoms with Gasteiger partial charge in [-0.05, 0) is 25.1 Å². The van der Waals surface area contributed by atoms with Crippen LogP contribution in [0.4, 0.5) is 10.1 Å². The second-order valence-electron chi connectivity index (χ2n) is 3.32. The molecule has 0 saturated carbocycles. The zero-order chi connectivity index (χ0) is 12.4. The van der Waals surface area contributed by atoms with Crippen LogP contribution in [0.25, 0.3) is 0 Å². The Labute approximate surface area is 101 Å². The predicted molar refractivity (Wildman–Crippen MR) is 60.5 cm³/mol. The van der Waals surface area contributed by atoms with Crippen molar-refractivity contribution in [3.8, 4) is 0 Å². The molecule has 5 nitrogen and oxygen atoms in total. The maximum atomic E-state index is 13.0. The molecule has 0 atom stereocenters. The highest BCUT2D eigenvalue weighted by Gasteiger charge is 2.13. The lowest BCUT2D eigenvalue weighted by Gasteiger charge is -2.04. The van der Waals surface area contributed by atoms with E-state index in [1.807, 2.05) is 0 Å². The Morgan fingerprint density at radius 1 is 1.53 bits per heavy atom. The molecule has 17 heavy (non-hydrogen) atoms. The number of hydrogen-bond acceptors (Lipinski definition) is 3. The molecule has 7 heteroatoms. The van der Waals surface area contributed by atoms with E-state index in [1.165, 1.54) is 12.1 Å². The highest BCUT2D eigenvalue weighted by Crippen LogP contribution is 2.22. The van der Waals surface area contributed by atoms with Gasteiger partial charge in [-0.3, -0.25) is 9.89 Å². The molecule has 0 aliphatic carbocycles. The number of amides is 1. The highest BCUT2D eigenvalue weighted by atomic mass is 35.5. The molecule has 0 fully saturated rings. The van der Waals surface area contributed by atoms with Crippen molar-refractivity contribution in [2.45, 2.75) is 6.92 Å².